The van der Waals surface area contributed by atoms with Gasteiger partial charge in [0.15, 0.2) is 0 Å². The zero-order valence-electron chi connectivity index (χ0n) is 17.3. The van der Waals surface area contributed by atoms with Crippen molar-refractivity contribution in [2.75, 3.05) is 50.7 Å². The molecule has 0 saturated carbocycles. The van der Waals surface area contributed by atoms with Gasteiger partial charge in [0.1, 0.15) is 11.6 Å². The molecule has 0 atom stereocenters. The summed E-state index contributed by atoms with van der Waals surface area (Å²) < 4.78 is 26.4. The minimum atomic E-state index is -0.163. The van der Waals surface area contributed by atoms with Crippen LogP contribution in [0.2, 0.25) is 0 Å². The maximum atomic E-state index is 13.4. The van der Waals surface area contributed by atoms with Crippen molar-refractivity contribution >= 4 is 5.69 Å². The van der Waals surface area contributed by atoms with E-state index in [1.54, 1.807) is 24.3 Å². The van der Waals surface area contributed by atoms with E-state index in [0.29, 0.717) is 6.04 Å². The normalized spacial score (nSPS) is 19.6. The molecule has 156 valence electrons. The predicted octanol–water partition coefficient (Wildman–Crippen LogP) is 4.10. The Morgan fingerprint density at radius 1 is 0.828 bits per heavy atom. The van der Waals surface area contributed by atoms with Gasteiger partial charge in [-0.25, -0.2) is 8.78 Å². The number of benzene rings is 2. The molecule has 0 unspecified atom stereocenters. The number of hydrogen-bond donors (Lipinski definition) is 0. The molecule has 0 amide bonds. The number of hydrogen-bond acceptors (Lipinski definition) is 3. The highest BCUT2D eigenvalue weighted by Gasteiger charge is 2.27. The van der Waals surface area contributed by atoms with Crippen LogP contribution >= 0.6 is 0 Å². The first-order valence-electron chi connectivity index (χ1n) is 10.8. The van der Waals surface area contributed by atoms with E-state index in [1.807, 2.05) is 25.1 Å². The van der Waals surface area contributed by atoms with E-state index in [4.69, 9.17) is 0 Å². The maximum absolute atomic E-state index is 13.4. The Morgan fingerprint density at radius 3 is 2.14 bits per heavy atom. The molecule has 2 heterocycles. The van der Waals surface area contributed by atoms with Crippen molar-refractivity contribution in [3.8, 4) is 0 Å². The zero-order chi connectivity index (χ0) is 20.2. The van der Waals surface area contributed by atoms with E-state index < -0.39 is 0 Å². The van der Waals surface area contributed by atoms with Crippen LogP contribution < -0.4 is 4.90 Å². The lowest BCUT2D eigenvalue weighted by Crippen LogP contribution is -2.53. The minimum absolute atomic E-state index is 0.156. The van der Waals surface area contributed by atoms with Crippen LogP contribution in [0.1, 0.15) is 24.0 Å². The Bertz CT molecular complexity index is 792. The van der Waals surface area contributed by atoms with E-state index in [0.717, 1.165) is 57.8 Å². The second kappa shape index (κ2) is 9.23. The van der Waals surface area contributed by atoms with E-state index in [2.05, 4.69) is 14.7 Å². The van der Waals surface area contributed by atoms with Gasteiger partial charge in [-0.2, -0.15) is 0 Å². The first-order valence-corrected chi connectivity index (χ1v) is 10.8. The molecular weight excluding hydrogens is 368 g/mol. The minimum Gasteiger partial charge on any atom is -0.369 e. The molecule has 2 aromatic rings. The third kappa shape index (κ3) is 5.14. The van der Waals surface area contributed by atoms with Crippen molar-refractivity contribution in [2.45, 2.75) is 32.2 Å². The van der Waals surface area contributed by atoms with Crippen LogP contribution in [0, 0.1) is 18.6 Å². The Kier molecular flexibility index (Phi) is 6.46. The smallest absolute Gasteiger partial charge is 0.123 e. The lowest BCUT2D eigenvalue weighted by Gasteiger charge is -2.43. The van der Waals surface area contributed by atoms with Crippen molar-refractivity contribution in [3.05, 3.63) is 65.2 Å². The lowest BCUT2D eigenvalue weighted by atomic mass is 10.0. The molecule has 0 aliphatic carbocycles. The van der Waals surface area contributed by atoms with Crippen LogP contribution in [0.3, 0.4) is 0 Å². The van der Waals surface area contributed by atoms with Crippen molar-refractivity contribution in [3.63, 3.8) is 0 Å². The quantitative estimate of drug-likeness (QED) is 0.749. The Morgan fingerprint density at radius 2 is 1.48 bits per heavy atom. The molecule has 4 rings (SSSR count). The van der Waals surface area contributed by atoms with Crippen LogP contribution in [0.5, 0.6) is 0 Å². The number of aryl methyl sites for hydroxylation is 1. The van der Waals surface area contributed by atoms with Gasteiger partial charge in [0, 0.05) is 44.5 Å². The Balaban J connectivity index is 1.21. The topological polar surface area (TPSA) is 9.72 Å². The van der Waals surface area contributed by atoms with Gasteiger partial charge in [0.05, 0.1) is 0 Å². The fraction of sp³-hybridized carbons (Fsp3) is 0.500. The standard InChI is InChI=1S/C24H31F2N3/c1-19-18-22(26)6-7-24(19)29-16-14-28(15-17-29)23-9-12-27(13-10-23)11-8-20-2-4-21(25)5-3-20/h2-7,18,23H,8-17H2,1H3. The molecule has 0 bridgehead atoms. The van der Waals surface area contributed by atoms with E-state index in [1.165, 1.54) is 24.1 Å². The van der Waals surface area contributed by atoms with Gasteiger partial charge >= 0.3 is 0 Å². The fourth-order valence-corrected chi connectivity index (χ4v) is 4.75. The van der Waals surface area contributed by atoms with Crippen molar-refractivity contribution in [1.82, 2.24) is 9.80 Å². The molecule has 5 heteroatoms. The van der Waals surface area contributed by atoms with Crippen LogP contribution in [-0.2, 0) is 6.42 Å². The molecular formula is C24H31F2N3. The van der Waals surface area contributed by atoms with E-state index in [9.17, 15) is 8.78 Å². The number of likely N-dealkylation sites (tertiary alicyclic amines) is 1. The number of anilines is 1. The van der Waals surface area contributed by atoms with E-state index >= 15 is 0 Å². The Labute approximate surface area is 172 Å². The van der Waals surface area contributed by atoms with Crippen molar-refractivity contribution in [2.24, 2.45) is 0 Å². The molecule has 2 aliphatic rings. The van der Waals surface area contributed by atoms with Gasteiger partial charge in [0.25, 0.3) is 0 Å². The zero-order valence-corrected chi connectivity index (χ0v) is 17.3. The third-order valence-electron chi connectivity index (χ3n) is 6.52. The predicted molar refractivity (Wildman–Crippen MR) is 114 cm³/mol. The van der Waals surface area contributed by atoms with Gasteiger partial charge in [-0.3, -0.25) is 4.90 Å². The summed E-state index contributed by atoms with van der Waals surface area (Å²) in [4.78, 5) is 7.58. The highest BCUT2D eigenvalue weighted by atomic mass is 19.1. The average molecular weight is 400 g/mol. The molecule has 2 fully saturated rings. The van der Waals surface area contributed by atoms with Crippen LogP contribution in [0.25, 0.3) is 0 Å². The summed E-state index contributed by atoms with van der Waals surface area (Å²) in [6.07, 6.45) is 3.43. The van der Waals surface area contributed by atoms with Crippen molar-refractivity contribution in [1.29, 1.82) is 0 Å². The summed E-state index contributed by atoms with van der Waals surface area (Å²) in [5.41, 5.74) is 3.40. The second-order valence-corrected chi connectivity index (χ2v) is 8.40. The lowest BCUT2D eigenvalue weighted by molar-refractivity contribution is 0.104. The number of piperazine rings is 1. The molecule has 3 nitrogen and oxygen atoms in total. The van der Waals surface area contributed by atoms with Gasteiger partial charge in [-0.05, 0) is 80.7 Å². The molecule has 0 radical (unpaired) electrons. The molecule has 2 aliphatic heterocycles. The summed E-state index contributed by atoms with van der Waals surface area (Å²) in [6.45, 7) is 9.51. The van der Waals surface area contributed by atoms with Gasteiger partial charge in [-0.15, -0.1) is 0 Å². The van der Waals surface area contributed by atoms with E-state index in [-0.39, 0.29) is 11.6 Å². The van der Waals surface area contributed by atoms with Crippen LogP contribution in [0.15, 0.2) is 42.5 Å². The summed E-state index contributed by atoms with van der Waals surface area (Å²) >= 11 is 0. The summed E-state index contributed by atoms with van der Waals surface area (Å²) in [6, 6.07) is 12.7. The van der Waals surface area contributed by atoms with Gasteiger partial charge in [0.2, 0.25) is 0 Å². The Hall–Kier alpha value is -1.98. The first kappa shape index (κ1) is 20.3. The summed E-state index contributed by atoms with van der Waals surface area (Å²) in [5, 5.41) is 0. The van der Waals surface area contributed by atoms with Crippen LogP contribution in [0.4, 0.5) is 14.5 Å². The number of piperidine rings is 1. The van der Waals surface area contributed by atoms with Gasteiger partial charge in [-0.1, -0.05) is 12.1 Å². The molecule has 29 heavy (non-hydrogen) atoms. The van der Waals surface area contributed by atoms with Gasteiger partial charge < -0.3 is 9.80 Å². The highest BCUT2D eigenvalue weighted by molar-refractivity contribution is 5.53. The van der Waals surface area contributed by atoms with Crippen molar-refractivity contribution < 1.29 is 8.78 Å². The number of nitrogens with zero attached hydrogens (tertiary/aromatic N) is 3. The molecule has 2 saturated heterocycles. The molecule has 0 spiro atoms. The number of rotatable bonds is 5. The second-order valence-electron chi connectivity index (χ2n) is 8.40. The number of halogens is 2. The fourth-order valence-electron chi connectivity index (χ4n) is 4.75. The third-order valence-corrected chi connectivity index (χ3v) is 6.52. The summed E-state index contributed by atoms with van der Waals surface area (Å²) in [7, 11) is 0. The molecule has 0 N–H and O–H groups in total. The average Bonchev–Trinajstić information content (AvgIpc) is 2.74. The largest absolute Gasteiger partial charge is 0.369 e. The molecule has 0 aromatic heterocycles. The SMILES string of the molecule is Cc1cc(F)ccc1N1CCN(C2CCN(CCc3ccc(F)cc3)CC2)CC1. The van der Waals surface area contributed by atoms with Crippen LogP contribution in [-0.4, -0.2) is 61.7 Å². The highest BCUT2D eigenvalue weighted by Crippen LogP contribution is 2.24. The monoisotopic (exact) mass is 399 g/mol. The maximum Gasteiger partial charge on any atom is 0.123 e. The molecule has 2 aromatic carbocycles. The summed E-state index contributed by atoms with van der Waals surface area (Å²) in [5.74, 6) is -0.319. The first-order chi connectivity index (χ1) is 14.1.